The van der Waals surface area contributed by atoms with Crippen molar-refractivity contribution in [1.29, 1.82) is 0 Å². The number of amides is 1. The van der Waals surface area contributed by atoms with E-state index in [-0.39, 0.29) is 11.8 Å². The van der Waals surface area contributed by atoms with Crippen LogP contribution < -0.4 is 5.32 Å². The molecule has 1 aliphatic heterocycles. The molecule has 1 amide bonds. The van der Waals surface area contributed by atoms with Crippen molar-refractivity contribution in [3.05, 3.63) is 17.5 Å². The lowest BCUT2D eigenvalue weighted by Crippen LogP contribution is -2.40. The normalized spacial score (nSPS) is 16.5. The Hall–Kier alpha value is -1.40. The fraction of sp³-hybridized carbons (Fsp3) is 0.765. The number of H-pyrrole nitrogens is 1. The summed E-state index contributed by atoms with van der Waals surface area (Å²) in [5.74, 6) is 0.830. The fourth-order valence-corrected chi connectivity index (χ4v) is 3.22. The van der Waals surface area contributed by atoms with Crippen molar-refractivity contribution in [2.45, 2.75) is 39.2 Å². The lowest BCUT2D eigenvalue weighted by atomic mass is 9.91. The van der Waals surface area contributed by atoms with Crippen molar-refractivity contribution in [1.82, 2.24) is 25.3 Å². The molecule has 0 radical (unpaired) electrons. The zero-order valence-corrected chi connectivity index (χ0v) is 14.9. The molecule has 0 spiro atoms. The van der Waals surface area contributed by atoms with Crippen molar-refractivity contribution >= 4 is 5.91 Å². The number of carbonyl (C=O) groups excluding carboxylic acids is 1. The van der Waals surface area contributed by atoms with Gasteiger partial charge in [0.15, 0.2) is 0 Å². The molecule has 1 aliphatic rings. The number of likely N-dealkylation sites (tertiary alicyclic amines) is 1. The lowest BCUT2D eigenvalue weighted by molar-refractivity contribution is -0.135. The fourth-order valence-electron chi connectivity index (χ4n) is 3.22. The van der Waals surface area contributed by atoms with E-state index in [9.17, 15) is 4.79 Å². The standard InChI is InChI=1S/C17H31N5O/c1-13(2)17(23)22-8-5-14(6-9-22)16-15(11-19-20-16)12-21(4)10-7-18-3/h11,13-14,18H,5-10,12H2,1-4H3,(H,19,20). The number of hydrogen-bond acceptors (Lipinski definition) is 4. The summed E-state index contributed by atoms with van der Waals surface area (Å²) in [6.45, 7) is 8.57. The second-order valence-electron chi connectivity index (χ2n) is 6.89. The van der Waals surface area contributed by atoms with Gasteiger partial charge in [-0.25, -0.2) is 0 Å². The minimum atomic E-state index is 0.0910. The summed E-state index contributed by atoms with van der Waals surface area (Å²) in [5.41, 5.74) is 2.48. The Labute approximate surface area is 139 Å². The number of nitrogens with zero attached hydrogens (tertiary/aromatic N) is 3. The first-order valence-corrected chi connectivity index (χ1v) is 8.67. The minimum Gasteiger partial charge on any atom is -0.342 e. The van der Waals surface area contributed by atoms with E-state index in [1.807, 2.05) is 32.0 Å². The van der Waals surface area contributed by atoms with Crippen LogP contribution in [0.2, 0.25) is 0 Å². The van der Waals surface area contributed by atoms with Gasteiger partial charge in [0, 0.05) is 56.3 Å². The molecule has 0 aliphatic carbocycles. The molecule has 1 fully saturated rings. The third kappa shape index (κ3) is 4.78. The van der Waals surface area contributed by atoms with Crippen LogP contribution in [0.1, 0.15) is 43.9 Å². The van der Waals surface area contributed by atoms with Gasteiger partial charge >= 0.3 is 0 Å². The number of nitrogens with one attached hydrogen (secondary N) is 2. The number of aromatic nitrogens is 2. The van der Waals surface area contributed by atoms with Crippen molar-refractivity contribution in [3.63, 3.8) is 0 Å². The number of piperidine rings is 1. The topological polar surface area (TPSA) is 64.3 Å². The van der Waals surface area contributed by atoms with E-state index in [0.717, 1.165) is 45.6 Å². The van der Waals surface area contributed by atoms with Gasteiger partial charge in [-0.1, -0.05) is 13.8 Å². The van der Waals surface area contributed by atoms with E-state index in [1.165, 1.54) is 11.3 Å². The molecule has 2 N–H and O–H groups in total. The van der Waals surface area contributed by atoms with Crippen LogP contribution in [0.3, 0.4) is 0 Å². The molecule has 2 rings (SSSR count). The Morgan fingerprint density at radius 2 is 2.17 bits per heavy atom. The molecule has 0 aromatic carbocycles. The highest BCUT2D eigenvalue weighted by Gasteiger charge is 2.27. The summed E-state index contributed by atoms with van der Waals surface area (Å²) in [6, 6.07) is 0. The van der Waals surface area contributed by atoms with Gasteiger partial charge in [-0.2, -0.15) is 5.10 Å². The predicted molar refractivity (Wildman–Crippen MR) is 92.2 cm³/mol. The number of hydrogen-bond donors (Lipinski definition) is 2. The van der Waals surface area contributed by atoms with Gasteiger partial charge in [0.25, 0.3) is 0 Å². The van der Waals surface area contributed by atoms with E-state index in [0.29, 0.717) is 5.92 Å². The second kappa shape index (κ2) is 8.45. The molecule has 1 aromatic rings. The van der Waals surface area contributed by atoms with Crippen molar-refractivity contribution < 1.29 is 4.79 Å². The van der Waals surface area contributed by atoms with Crippen LogP contribution in [0.5, 0.6) is 0 Å². The molecule has 6 heteroatoms. The first-order chi connectivity index (χ1) is 11.0. The third-order valence-corrected chi connectivity index (χ3v) is 4.62. The largest absolute Gasteiger partial charge is 0.342 e. The summed E-state index contributed by atoms with van der Waals surface area (Å²) in [6.07, 6.45) is 4.05. The Morgan fingerprint density at radius 1 is 1.48 bits per heavy atom. The highest BCUT2D eigenvalue weighted by Crippen LogP contribution is 2.29. The van der Waals surface area contributed by atoms with Gasteiger partial charge in [0.2, 0.25) is 5.91 Å². The highest BCUT2D eigenvalue weighted by molar-refractivity contribution is 5.78. The van der Waals surface area contributed by atoms with Crippen LogP contribution in [0.15, 0.2) is 6.20 Å². The molecule has 130 valence electrons. The van der Waals surface area contributed by atoms with Crippen LogP contribution in [-0.4, -0.2) is 66.2 Å². The summed E-state index contributed by atoms with van der Waals surface area (Å²) >= 11 is 0. The number of carbonyl (C=O) groups is 1. The van der Waals surface area contributed by atoms with E-state index in [1.54, 1.807) is 0 Å². The minimum absolute atomic E-state index is 0.0910. The molecule has 1 aromatic heterocycles. The van der Waals surface area contributed by atoms with Gasteiger partial charge in [0.05, 0.1) is 5.69 Å². The molecular weight excluding hydrogens is 290 g/mol. The van der Waals surface area contributed by atoms with E-state index < -0.39 is 0 Å². The van der Waals surface area contributed by atoms with Gasteiger partial charge in [0.1, 0.15) is 0 Å². The number of likely N-dealkylation sites (N-methyl/N-ethyl adjacent to an activating group) is 2. The van der Waals surface area contributed by atoms with Gasteiger partial charge in [-0.15, -0.1) is 0 Å². The van der Waals surface area contributed by atoms with Gasteiger partial charge in [-0.3, -0.25) is 9.89 Å². The first kappa shape index (κ1) is 17.9. The Morgan fingerprint density at radius 3 is 2.78 bits per heavy atom. The molecule has 0 atom stereocenters. The van der Waals surface area contributed by atoms with E-state index in [2.05, 4.69) is 27.5 Å². The lowest BCUT2D eigenvalue weighted by Gasteiger charge is -2.33. The molecule has 2 heterocycles. The molecule has 6 nitrogen and oxygen atoms in total. The predicted octanol–water partition coefficient (Wildman–Crippen LogP) is 1.42. The monoisotopic (exact) mass is 321 g/mol. The smallest absolute Gasteiger partial charge is 0.225 e. The quantitative estimate of drug-likeness (QED) is 0.797. The Bertz CT molecular complexity index is 491. The molecule has 23 heavy (non-hydrogen) atoms. The van der Waals surface area contributed by atoms with Crippen LogP contribution in [0.25, 0.3) is 0 Å². The van der Waals surface area contributed by atoms with Crippen LogP contribution in [0, 0.1) is 5.92 Å². The zero-order valence-electron chi connectivity index (χ0n) is 14.9. The highest BCUT2D eigenvalue weighted by atomic mass is 16.2. The second-order valence-corrected chi connectivity index (χ2v) is 6.89. The summed E-state index contributed by atoms with van der Waals surface area (Å²) in [7, 11) is 4.11. The molecule has 0 unspecified atom stereocenters. The summed E-state index contributed by atoms with van der Waals surface area (Å²) < 4.78 is 0. The Kier molecular flexibility index (Phi) is 6.59. The summed E-state index contributed by atoms with van der Waals surface area (Å²) in [4.78, 5) is 16.4. The SMILES string of the molecule is CNCCN(C)Cc1c[nH]nc1C1CCN(C(=O)C(C)C)CC1. The number of rotatable bonds is 7. The third-order valence-electron chi connectivity index (χ3n) is 4.62. The van der Waals surface area contributed by atoms with Crippen LogP contribution in [-0.2, 0) is 11.3 Å². The maximum atomic E-state index is 12.1. The van der Waals surface area contributed by atoms with Crippen molar-refractivity contribution in [2.24, 2.45) is 5.92 Å². The zero-order chi connectivity index (χ0) is 16.8. The average Bonchev–Trinajstić information content (AvgIpc) is 3.00. The number of aromatic amines is 1. The maximum absolute atomic E-state index is 12.1. The maximum Gasteiger partial charge on any atom is 0.225 e. The van der Waals surface area contributed by atoms with Crippen LogP contribution in [0.4, 0.5) is 0 Å². The van der Waals surface area contributed by atoms with Crippen LogP contribution >= 0.6 is 0 Å². The van der Waals surface area contributed by atoms with Gasteiger partial charge in [-0.05, 0) is 26.9 Å². The van der Waals surface area contributed by atoms with Crippen molar-refractivity contribution in [3.8, 4) is 0 Å². The molecule has 0 bridgehead atoms. The average molecular weight is 321 g/mol. The molecular formula is C17H31N5O. The first-order valence-electron chi connectivity index (χ1n) is 8.67. The summed E-state index contributed by atoms with van der Waals surface area (Å²) in [5, 5.41) is 10.7. The van der Waals surface area contributed by atoms with Gasteiger partial charge < -0.3 is 15.1 Å². The molecule has 1 saturated heterocycles. The Balaban J connectivity index is 1.91. The van der Waals surface area contributed by atoms with E-state index in [4.69, 9.17) is 0 Å². The van der Waals surface area contributed by atoms with Crippen molar-refractivity contribution in [2.75, 3.05) is 40.3 Å². The van der Waals surface area contributed by atoms with E-state index >= 15 is 0 Å². The molecule has 0 saturated carbocycles.